The molecule has 4 heterocycles. The topological polar surface area (TPSA) is 80.0 Å². The summed E-state index contributed by atoms with van der Waals surface area (Å²) < 4.78 is 1.75. The number of hydrogen-bond acceptors (Lipinski definition) is 6. The van der Waals surface area contributed by atoms with E-state index in [2.05, 4.69) is 25.0 Å². The van der Waals surface area contributed by atoms with Crippen molar-refractivity contribution in [2.45, 2.75) is 6.42 Å². The van der Waals surface area contributed by atoms with Crippen molar-refractivity contribution >= 4 is 22.8 Å². The van der Waals surface area contributed by atoms with Crippen LogP contribution in [-0.2, 0) is 7.05 Å². The molecule has 25 heavy (non-hydrogen) atoms. The first-order chi connectivity index (χ1) is 12.2. The Balaban J connectivity index is 1.54. The monoisotopic (exact) mass is 337 g/mol. The number of anilines is 1. The van der Waals surface area contributed by atoms with Crippen molar-refractivity contribution in [3.63, 3.8) is 0 Å². The Kier molecular flexibility index (Phi) is 4.01. The largest absolute Gasteiger partial charge is 0.354 e. The van der Waals surface area contributed by atoms with Crippen molar-refractivity contribution < 1.29 is 4.79 Å². The summed E-state index contributed by atoms with van der Waals surface area (Å²) in [4.78, 5) is 29.6. The Bertz CT molecular complexity index is 892. The fraction of sp³-hybridized carbons (Fsp3) is 0.353. The van der Waals surface area contributed by atoms with Crippen LogP contribution in [0.25, 0.3) is 11.0 Å². The van der Waals surface area contributed by atoms with Gasteiger partial charge in [-0.3, -0.25) is 14.5 Å². The maximum absolute atomic E-state index is 12.6. The fourth-order valence-electron chi connectivity index (χ4n) is 3.19. The Morgan fingerprint density at radius 3 is 2.84 bits per heavy atom. The van der Waals surface area contributed by atoms with Crippen LogP contribution in [-0.4, -0.2) is 61.7 Å². The Morgan fingerprint density at radius 2 is 2.00 bits per heavy atom. The number of nitrogens with zero attached hydrogens (tertiary/aromatic N) is 7. The lowest BCUT2D eigenvalue weighted by Gasteiger charge is -2.23. The number of hydrogen-bond donors (Lipinski definition) is 0. The molecule has 8 nitrogen and oxygen atoms in total. The predicted octanol–water partition coefficient (Wildman–Crippen LogP) is 1.11. The first-order valence-corrected chi connectivity index (χ1v) is 8.32. The van der Waals surface area contributed by atoms with Gasteiger partial charge in [0, 0.05) is 39.4 Å². The summed E-state index contributed by atoms with van der Waals surface area (Å²) in [6.45, 7) is 2.92. The second kappa shape index (κ2) is 6.46. The third-order valence-electron chi connectivity index (χ3n) is 4.48. The van der Waals surface area contributed by atoms with Gasteiger partial charge in [-0.1, -0.05) is 6.07 Å². The first kappa shape index (κ1) is 15.5. The average molecular weight is 337 g/mol. The molecule has 0 N–H and O–H groups in total. The van der Waals surface area contributed by atoms with Crippen LogP contribution in [0.1, 0.15) is 16.9 Å². The van der Waals surface area contributed by atoms with E-state index in [0.29, 0.717) is 18.8 Å². The van der Waals surface area contributed by atoms with Gasteiger partial charge >= 0.3 is 0 Å². The molecule has 0 aromatic carbocycles. The zero-order chi connectivity index (χ0) is 17.2. The number of amides is 1. The molecular formula is C17H19N7O. The van der Waals surface area contributed by atoms with Crippen LogP contribution in [0, 0.1) is 0 Å². The first-order valence-electron chi connectivity index (χ1n) is 8.32. The number of carbonyl (C=O) groups excluding carboxylic acids is 1. The van der Waals surface area contributed by atoms with Crippen molar-refractivity contribution in [2.24, 2.45) is 7.05 Å². The Morgan fingerprint density at radius 1 is 1.08 bits per heavy atom. The third kappa shape index (κ3) is 2.90. The molecule has 8 heteroatoms. The molecule has 0 spiro atoms. The third-order valence-corrected chi connectivity index (χ3v) is 4.48. The minimum absolute atomic E-state index is 0.0170. The lowest BCUT2D eigenvalue weighted by atomic mass is 10.3. The molecule has 0 bridgehead atoms. The number of pyridine rings is 1. The predicted molar refractivity (Wildman–Crippen MR) is 93.3 cm³/mol. The standard InChI is InChI=1S/C17H19N7O/c1-22-15-13(11-21-22)16(20-12-19-15)23-7-4-8-24(10-9-23)17(25)14-5-2-3-6-18-14/h2-3,5-6,11-12H,4,7-10H2,1H3. The Labute approximate surface area is 145 Å². The van der Waals surface area contributed by atoms with Crippen LogP contribution in [0.15, 0.2) is 36.9 Å². The molecule has 1 saturated heterocycles. The molecule has 0 saturated carbocycles. The maximum Gasteiger partial charge on any atom is 0.272 e. The second-order valence-electron chi connectivity index (χ2n) is 6.05. The zero-order valence-electron chi connectivity index (χ0n) is 14.0. The average Bonchev–Trinajstić information content (AvgIpc) is 2.89. The Hall–Kier alpha value is -3.03. The van der Waals surface area contributed by atoms with Crippen LogP contribution < -0.4 is 4.90 Å². The highest BCUT2D eigenvalue weighted by molar-refractivity contribution is 5.92. The quantitative estimate of drug-likeness (QED) is 0.697. The van der Waals surface area contributed by atoms with Crippen LogP contribution in [0.5, 0.6) is 0 Å². The summed E-state index contributed by atoms with van der Waals surface area (Å²) in [5.74, 6) is 0.863. The van der Waals surface area contributed by atoms with Crippen molar-refractivity contribution in [1.82, 2.24) is 29.6 Å². The van der Waals surface area contributed by atoms with E-state index in [4.69, 9.17) is 0 Å². The van der Waals surface area contributed by atoms with E-state index in [1.54, 1.807) is 29.5 Å². The molecule has 0 radical (unpaired) electrons. The molecule has 3 aromatic heterocycles. The van der Waals surface area contributed by atoms with Crippen LogP contribution in [0.4, 0.5) is 5.82 Å². The van der Waals surface area contributed by atoms with Crippen molar-refractivity contribution in [1.29, 1.82) is 0 Å². The molecule has 0 unspecified atom stereocenters. The molecular weight excluding hydrogens is 318 g/mol. The van der Waals surface area contributed by atoms with Crippen LogP contribution in [0.2, 0.25) is 0 Å². The van der Waals surface area contributed by atoms with E-state index >= 15 is 0 Å². The SMILES string of the molecule is Cn1ncc2c(N3CCCN(C(=O)c4ccccn4)CC3)ncnc21. The van der Waals surface area contributed by atoms with E-state index < -0.39 is 0 Å². The summed E-state index contributed by atoms with van der Waals surface area (Å²) >= 11 is 0. The molecule has 0 atom stereocenters. The molecule has 0 aliphatic carbocycles. The van der Waals surface area contributed by atoms with Crippen molar-refractivity contribution in [3.05, 3.63) is 42.6 Å². The van der Waals surface area contributed by atoms with Crippen molar-refractivity contribution in [3.8, 4) is 0 Å². The normalized spacial score (nSPS) is 15.4. The molecule has 4 rings (SSSR count). The van der Waals surface area contributed by atoms with E-state index in [0.717, 1.165) is 36.4 Å². The lowest BCUT2D eigenvalue weighted by Crippen LogP contribution is -2.35. The highest BCUT2D eigenvalue weighted by Gasteiger charge is 2.23. The number of aryl methyl sites for hydroxylation is 1. The molecule has 1 aliphatic rings. The van der Waals surface area contributed by atoms with Gasteiger partial charge in [-0.2, -0.15) is 5.10 Å². The lowest BCUT2D eigenvalue weighted by molar-refractivity contribution is 0.0761. The molecule has 1 fully saturated rings. The van der Waals surface area contributed by atoms with Gasteiger partial charge in [-0.25, -0.2) is 9.97 Å². The smallest absolute Gasteiger partial charge is 0.272 e. The number of carbonyl (C=O) groups is 1. The van der Waals surface area contributed by atoms with E-state index in [9.17, 15) is 4.79 Å². The molecule has 1 aliphatic heterocycles. The summed E-state index contributed by atoms with van der Waals surface area (Å²) in [5.41, 5.74) is 1.31. The highest BCUT2D eigenvalue weighted by atomic mass is 16.2. The maximum atomic E-state index is 12.6. The van der Waals surface area contributed by atoms with Gasteiger partial charge < -0.3 is 9.80 Å². The van der Waals surface area contributed by atoms with Gasteiger partial charge in [0.1, 0.15) is 17.8 Å². The minimum Gasteiger partial charge on any atom is -0.354 e. The van der Waals surface area contributed by atoms with Gasteiger partial charge in [-0.05, 0) is 18.6 Å². The molecule has 3 aromatic rings. The minimum atomic E-state index is -0.0170. The van der Waals surface area contributed by atoms with E-state index in [-0.39, 0.29) is 5.91 Å². The fourth-order valence-corrected chi connectivity index (χ4v) is 3.19. The van der Waals surface area contributed by atoms with Gasteiger partial charge in [0.2, 0.25) is 0 Å². The number of fused-ring (bicyclic) bond motifs is 1. The highest BCUT2D eigenvalue weighted by Crippen LogP contribution is 2.23. The summed E-state index contributed by atoms with van der Waals surface area (Å²) in [6, 6.07) is 5.41. The van der Waals surface area contributed by atoms with Gasteiger partial charge in [0.15, 0.2) is 5.65 Å². The van der Waals surface area contributed by atoms with Crippen molar-refractivity contribution in [2.75, 3.05) is 31.1 Å². The van der Waals surface area contributed by atoms with Gasteiger partial charge in [0.05, 0.1) is 11.6 Å². The second-order valence-corrected chi connectivity index (χ2v) is 6.05. The molecule has 128 valence electrons. The van der Waals surface area contributed by atoms with Crippen LogP contribution >= 0.6 is 0 Å². The van der Waals surface area contributed by atoms with Crippen LogP contribution in [0.3, 0.4) is 0 Å². The summed E-state index contributed by atoms with van der Waals surface area (Å²) in [6.07, 6.45) is 5.90. The summed E-state index contributed by atoms with van der Waals surface area (Å²) in [5, 5.41) is 5.21. The number of rotatable bonds is 2. The van der Waals surface area contributed by atoms with Gasteiger partial charge in [0.25, 0.3) is 5.91 Å². The molecule has 1 amide bonds. The summed E-state index contributed by atoms with van der Waals surface area (Å²) in [7, 11) is 1.87. The van der Waals surface area contributed by atoms with E-state index in [1.165, 1.54) is 0 Å². The van der Waals surface area contributed by atoms with Gasteiger partial charge in [-0.15, -0.1) is 0 Å². The van der Waals surface area contributed by atoms with E-state index in [1.807, 2.05) is 24.1 Å². The number of aromatic nitrogens is 5. The zero-order valence-corrected chi connectivity index (χ0v) is 14.0.